The Kier molecular flexibility index (Phi) is 61.0. The minimum atomic E-state index is -0.848. The highest BCUT2D eigenvalue weighted by atomic mass is 16.5. The molecule has 2 atom stereocenters. The van der Waals surface area contributed by atoms with Crippen molar-refractivity contribution in [1.82, 2.24) is 5.32 Å². The van der Waals surface area contributed by atoms with Crippen LogP contribution in [0.3, 0.4) is 0 Å². The van der Waals surface area contributed by atoms with Gasteiger partial charge in [-0.2, -0.15) is 0 Å². The number of hydrogen-bond acceptors (Lipinski definition) is 5. The highest BCUT2D eigenvalue weighted by Crippen LogP contribution is 2.17. The summed E-state index contributed by atoms with van der Waals surface area (Å²) in [5.41, 5.74) is 0. The van der Waals surface area contributed by atoms with Gasteiger partial charge in [-0.3, -0.25) is 9.59 Å². The summed E-state index contributed by atoms with van der Waals surface area (Å²) >= 11 is 0. The molecule has 0 saturated heterocycles. The van der Waals surface area contributed by atoms with Crippen molar-refractivity contribution >= 4 is 11.9 Å². The van der Waals surface area contributed by atoms with E-state index in [4.69, 9.17) is 4.74 Å². The van der Waals surface area contributed by atoms with E-state index in [1.807, 2.05) is 6.08 Å². The standard InChI is InChI=1S/C67H127NO5/c1-3-5-7-9-11-13-15-17-19-33-37-41-45-49-53-57-61-67(72)73-62-58-54-50-46-42-38-34-30-28-26-24-22-20-21-23-25-27-29-32-36-40-44-48-52-56-60-66(71)68-64(63-69)65(70)59-55-51-47-43-39-35-31-18-16-14-12-10-8-6-4-2/h21-24,55,59,64-65,69-70H,3-20,25-54,56-58,60-63H2,1-2H3,(H,68,71)/b23-21-,24-22-,59-55+. The third-order valence-corrected chi connectivity index (χ3v) is 15.2. The summed E-state index contributed by atoms with van der Waals surface area (Å²) in [6.45, 7) is 4.92. The first kappa shape index (κ1) is 71.1. The molecule has 0 spiro atoms. The first-order chi connectivity index (χ1) is 36.0. The predicted molar refractivity (Wildman–Crippen MR) is 319 cm³/mol. The van der Waals surface area contributed by atoms with E-state index >= 15 is 0 Å². The summed E-state index contributed by atoms with van der Waals surface area (Å²) in [7, 11) is 0. The van der Waals surface area contributed by atoms with Gasteiger partial charge in [0.05, 0.1) is 25.4 Å². The van der Waals surface area contributed by atoms with Crippen LogP contribution < -0.4 is 5.32 Å². The lowest BCUT2D eigenvalue weighted by Gasteiger charge is -2.20. The van der Waals surface area contributed by atoms with Crippen LogP contribution in [0.1, 0.15) is 354 Å². The summed E-state index contributed by atoms with van der Waals surface area (Å²) in [5.74, 6) is -0.0605. The molecule has 0 rings (SSSR count). The number of aliphatic hydroxyl groups excluding tert-OH is 2. The highest BCUT2D eigenvalue weighted by Gasteiger charge is 2.18. The minimum Gasteiger partial charge on any atom is -0.466 e. The number of rotatable bonds is 61. The molecule has 6 nitrogen and oxygen atoms in total. The molecule has 0 aromatic rings. The number of aliphatic hydroxyl groups is 2. The number of hydrogen-bond donors (Lipinski definition) is 3. The van der Waals surface area contributed by atoms with Crippen molar-refractivity contribution in [3.8, 4) is 0 Å². The van der Waals surface area contributed by atoms with Crippen LogP contribution in [0.5, 0.6) is 0 Å². The molecule has 0 saturated carbocycles. The first-order valence-corrected chi connectivity index (χ1v) is 32.8. The molecule has 2 unspecified atom stereocenters. The highest BCUT2D eigenvalue weighted by molar-refractivity contribution is 5.76. The van der Waals surface area contributed by atoms with Crippen molar-refractivity contribution < 1.29 is 24.5 Å². The van der Waals surface area contributed by atoms with Gasteiger partial charge in [0.25, 0.3) is 0 Å². The summed E-state index contributed by atoms with van der Waals surface area (Å²) in [5, 5.41) is 23.1. The second kappa shape index (κ2) is 62.6. The molecule has 0 aromatic heterocycles. The molecule has 430 valence electrons. The molecule has 3 N–H and O–H groups in total. The zero-order chi connectivity index (χ0) is 52.9. The van der Waals surface area contributed by atoms with Gasteiger partial charge >= 0.3 is 5.97 Å². The number of carbonyl (C=O) groups excluding carboxylic acids is 2. The van der Waals surface area contributed by atoms with Crippen LogP contribution in [0, 0.1) is 0 Å². The SMILES string of the molecule is CCCCCCCCCCCCCCC/C=C/C(O)C(CO)NC(=O)CCCCCCCCCCC/C=C\C/C=C\CCCCCCCCCCCOC(=O)CCCCCCCCCCCCCCCCCC. The maximum Gasteiger partial charge on any atom is 0.305 e. The number of unbranched alkanes of at least 4 members (excludes halogenated alkanes) is 46. The average molecular weight is 1030 g/mol. The van der Waals surface area contributed by atoms with Gasteiger partial charge in [-0.05, 0) is 64.2 Å². The van der Waals surface area contributed by atoms with Gasteiger partial charge in [0.1, 0.15) is 0 Å². The molecule has 0 heterocycles. The maximum absolute atomic E-state index is 12.5. The Morgan fingerprint density at radius 2 is 0.685 bits per heavy atom. The van der Waals surface area contributed by atoms with E-state index in [9.17, 15) is 19.8 Å². The largest absolute Gasteiger partial charge is 0.466 e. The van der Waals surface area contributed by atoms with Crippen molar-refractivity contribution in [3.63, 3.8) is 0 Å². The van der Waals surface area contributed by atoms with Crippen molar-refractivity contribution in [2.45, 2.75) is 366 Å². The normalized spacial score (nSPS) is 12.8. The van der Waals surface area contributed by atoms with Crippen LogP contribution in [0.4, 0.5) is 0 Å². The molecule has 0 radical (unpaired) electrons. The number of nitrogens with one attached hydrogen (secondary N) is 1. The van der Waals surface area contributed by atoms with Gasteiger partial charge in [-0.15, -0.1) is 0 Å². The van der Waals surface area contributed by atoms with Gasteiger partial charge in [0.2, 0.25) is 5.91 Å². The van der Waals surface area contributed by atoms with E-state index in [2.05, 4.69) is 43.5 Å². The van der Waals surface area contributed by atoms with Crippen molar-refractivity contribution in [2.75, 3.05) is 13.2 Å². The Morgan fingerprint density at radius 3 is 1.04 bits per heavy atom. The molecule has 6 heteroatoms. The maximum atomic E-state index is 12.5. The van der Waals surface area contributed by atoms with E-state index in [1.165, 1.54) is 283 Å². The van der Waals surface area contributed by atoms with Gasteiger partial charge in [0.15, 0.2) is 0 Å². The smallest absolute Gasteiger partial charge is 0.305 e. The fourth-order valence-corrected chi connectivity index (χ4v) is 10.1. The number of amides is 1. The number of carbonyl (C=O) groups is 2. The zero-order valence-electron chi connectivity index (χ0n) is 49.1. The van der Waals surface area contributed by atoms with Crippen molar-refractivity contribution in [2.24, 2.45) is 0 Å². The lowest BCUT2D eigenvalue weighted by Crippen LogP contribution is -2.45. The molecule has 1 amide bonds. The van der Waals surface area contributed by atoms with Crippen LogP contribution >= 0.6 is 0 Å². The third-order valence-electron chi connectivity index (χ3n) is 15.2. The fourth-order valence-electron chi connectivity index (χ4n) is 10.1. The average Bonchev–Trinajstić information content (AvgIpc) is 3.39. The summed E-state index contributed by atoms with van der Waals surface area (Å²) in [6, 6.07) is -0.632. The number of allylic oxidation sites excluding steroid dienone is 5. The Morgan fingerprint density at radius 1 is 0.384 bits per heavy atom. The molecular weight excluding hydrogens is 899 g/mol. The van der Waals surface area contributed by atoms with E-state index in [0.717, 1.165) is 44.9 Å². The van der Waals surface area contributed by atoms with E-state index < -0.39 is 12.1 Å². The monoisotopic (exact) mass is 1030 g/mol. The quantitative estimate of drug-likeness (QED) is 0.0320. The Bertz CT molecular complexity index is 1180. The Labute approximate surface area is 455 Å². The topological polar surface area (TPSA) is 95.9 Å². The lowest BCUT2D eigenvalue weighted by atomic mass is 10.0. The first-order valence-electron chi connectivity index (χ1n) is 32.8. The molecule has 0 aromatic carbocycles. The van der Waals surface area contributed by atoms with Crippen molar-refractivity contribution in [3.05, 3.63) is 36.5 Å². The van der Waals surface area contributed by atoms with Gasteiger partial charge in [-0.1, -0.05) is 314 Å². The summed E-state index contributed by atoms with van der Waals surface area (Å²) < 4.78 is 5.49. The van der Waals surface area contributed by atoms with E-state index in [1.54, 1.807) is 6.08 Å². The van der Waals surface area contributed by atoms with Crippen molar-refractivity contribution in [1.29, 1.82) is 0 Å². The number of esters is 1. The molecule has 0 aliphatic carbocycles. The molecule has 0 fully saturated rings. The number of ether oxygens (including phenoxy) is 1. The van der Waals surface area contributed by atoms with Gasteiger partial charge in [-0.25, -0.2) is 0 Å². The van der Waals surface area contributed by atoms with Crippen LogP contribution in [-0.4, -0.2) is 47.4 Å². The molecule has 0 aliphatic heterocycles. The Hall–Kier alpha value is -1.92. The van der Waals surface area contributed by atoms with E-state index in [-0.39, 0.29) is 18.5 Å². The van der Waals surface area contributed by atoms with Crippen LogP contribution in [0.15, 0.2) is 36.5 Å². The van der Waals surface area contributed by atoms with Crippen LogP contribution in [0.25, 0.3) is 0 Å². The van der Waals surface area contributed by atoms with Gasteiger partial charge < -0.3 is 20.3 Å². The molecule has 73 heavy (non-hydrogen) atoms. The third kappa shape index (κ3) is 59.2. The van der Waals surface area contributed by atoms with Gasteiger partial charge in [0, 0.05) is 12.8 Å². The fraction of sp³-hybridized carbons (Fsp3) is 0.881. The summed E-state index contributed by atoms with van der Waals surface area (Å²) in [4.78, 5) is 24.5. The van der Waals surface area contributed by atoms with E-state index in [0.29, 0.717) is 19.4 Å². The molecule has 0 aliphatic rings. The zero-order valence-corrected chi connectivity index (χ0v) is 49.1. The minimum absolute atomic E-state index is 0.0122. The second-order valence-corrected chi connectivity index (χ2v) is 22.5. The second-order valence-electron chi connectivity index (χ2n) is 22.5. The predicted octanol–water partition coefficient (Wildman–Crippen LogP) is 20.8. The molecule has 0 bridgehead atoms. The van der Waals surface area contributed by atoms with Crippen LogP contribution in [-0.2, 0) is 14.3 Å². The Balaban J connectivity index is 3.44. The molecular formula is C67H127NO5. The lowest BCUT2D eigenvalue weighted by molar-refractivity contribution is -0.143. The van der Waals surface area contributed by atoms with Crippen LogP contribution in [0.2, 0.25) is 0 Å². The summed E-state index contributed by atoms with van der Waals surface area (Å²) in [6.07, 6.45) is 79.1.